The molecule has 0 aliphatic carbocycles. The molecule has 0 aliphatic rings. The maximum atomic E-state index is 2.31. The molecule has 0 spiro atoms. The van der Waals surface area contributed by atoms with E-state index >= 15 is 0 Å². The van der Waals surface area contributed by atoms with Crippen molar-refractivity contribution in [2.75, 3.05) is 0 Å². The van der Waals surface area contributed by atoms with E-state index in [1.165, 1.54) is 21.2 Å². The van der Waals surface area contributed by atoms with E-state index in [0.29, 0.717) is 0 Å². The molecule has 1 aromatic carbocycles. The third-order valence-electron chi connectivity index (χ3n) is 2.34. The molecular weight excluding hydrogens is 156 g/mol. The lowest BCUT2D eigenvalue weighted by atomic mass is 10.1. The van der Waals surface area contributed by atoms with Crippen molar-refractivity contribution in [3.63, 3.8) is 0 Å². The van der Waals surface area contributed by atoms with Gasteiger partial charge in [-0.05, 0) is 20.8 Å². The molecule has 0 aliphatic heterocycles. The van der Waals surface area contributed by atoms with Crippen molar-refractivity contribution in [1.29, 1.82) is 0 Å². The van der Waals surface area contributed by atoms with Crippen LogP contribution < -0.4 is 3.69 Å². The van der Waals surface area contributed by atoms with Gasteiger partial charge in [0, 0.05) is 0 Å². The van der Waals surface area contributed by atoms with Gasteiger partial charge in [-0.25, -0.2) is 0 Å². The van der Waals surface area contributed by atoms with Crippen LogP contribution in [-0.2, 0) is 0 Å². The number of hydrogen-bond acceptors (Lipinski definition) is 0. The average Bonchev–Trinajstić information content (AvgIpc) is 1.96. The molecule has 1 rings (SSSR count). The highest BCUT2D eigenvalue weighted by molar-refractivity contribution is 6.54. The summed E-state index contributed by atoms with van der Waals surface area (Å²) < 4.78 is 3.06. The van der Waals surface area contributed by atoms with Gasteiger partial charge in [0.2, 0.25) is 0 Å². The quantitative estimate of drug-likeness (QED) is 0.601. The van der Waals surface area contributed by atoms with Crippen LogP contribution in [0.25, 0.3) is 0 Å². The van der Waals surface area contributed by atoms with Gasteiger partial charge in [0.05, 0.1) is 0 Å². The van der Waals surface area contributed by atoms with Gasteiger partial charge in [-0.3, -0.25) is 0 Å². The van der Waals surface area contributed by atoms with Crippen LogP contribution in [0.1, 0.15) is 23.6 Å². The van der Waals surface area contributed by atoms with Crippen molar-refractivity contribution >= 4 is 24.1 Å². The highest BCUT2D eigenvalue weighted by atomic mass is 24.5. The Labute approximate surface area is 85.1 Å². The summed E-state index contributed by atoms with van der Waals surface area (Å²) in [6, 6.07) is 4.62. The Hall–Kier alpha value is -0.0138. The van der Waals surface area contributed by atoms with Crippen LogP contribution in [0.4, 0.5) is 0 Å². The van der Waals surface area contributed by atoms with Crippen molar-refractivity contribution in [3.05, 3.63) is 28.8 Å². The second kappa shape index (κ2) is 4.29. The van der Waals surface area contributed by atoms with E-state index in [1.807, 2.05) is 0 Å². The van der Waals surface area contributed by atoms with Crippen LogP contribution in [-0.4, -0.2) is 20.4 Å². The maximum Gasteiger partial charge on any atom is 0.409 e. The summed E-state index contributed by atoms with van der Waals surface area (Å²) in [5, 5.41) is 0. The molecule has 1 aromatic rings. The van der Waals surface area contributed by atoms with Gasteiger partial charge in [-0.1, -0.05) is 35.7 Å². The van der Waals surface area contributed by atoms with Gasteiger partial charge in [0.25, 0.3) is 0 Å². The lowest BCUT2D eigenvalue weighted by Crippen LogP contribution is -2.20. The first-order valence-electron chi connectivity index (χ1n) is 4.72. The molecule has 0 bridgehead atoms. The van der Waals surface area contributed by atoms with Crippen LogP contribution in [0.15, 0.2) is 12.1 Å². The minimum atomic E-state index is 0.0251. The minimum Gasteiger partial charge on any atom is -0.168 e. The highest BCUT2D eigenvalue weighted by Gasteiger charge is 2.03. The molecular formula is C11H16Mg. The predicted molar refractivity (Wildman–Crippen MR) is 56.5 cm³/mol. The molecule has 0 amide bonds. The third-order valence-corrected chi connectivity index (χ3v) is 4.46. The molecule has 0 nitrogen and oxygen atoms in total. The molecule has 1 heteroatoms. The summed E-state index contributed by atoms with van der Waals surface area (Å²) in [5.41, 5.74) is 4.43. The summed E-state index contributed by atoms with van der Waals surface area (Å²) in [6.45, 7) is 8.97. The molecule has 0 saturated heterocycles. The summed E-state index contributed by atoms with van der Waals surface area (Å²) >= 11 is 0.0251. The standard InChI is InChI=1S/C9H11.C2H5.Mg/c1-7-4-8(2)6-9(3)5-7;1-2;/h4-5H,1-3H3;1H2,2H3;. The molecule has 0 radical (unpaired) electrons. The summed E-state index contributed by atoms with van der Waals surface area (Å²) in [4.78, 5) is 0. The zero-order chi connectivity index (χ0) is 9.14. The smallest absolute Gasteiger partial charge is 0.168 e. The van der Waals surface area contributed by atoms with E-state index in [4.69, 9.17) is 0 Å². The molecule has 62 valence electrons. The largest absolute Gasteiger partial charge is 0.409 e. The topological polar surface area (TPSA) is 0 Å². The first kappa shape index (κ1) is 10.1. The molecule has 0 saturated carbocycles. The second-order valence-electron chi connectivity index (χ2n) is 3.63. The Morgan fingerprint density at radius 1 is 1.08 bits per heavy atom. The zero-order valence-corrected chi connectivity index (χ0v) is 9.98. The number of aryl methyl sites for hydroxylation is 3. The van der Waals surface area contributed by atoms with Crippen molar-refractivity contribution in [2.45, 2.75) is 32.2 Å². The molecule has 0 atom stereocenters. The molecule has 0 N–H and O–H groups in total. The number of hydrogen-bond donors (Lipinski definition) is 0. The monoisotopic (exact) mass is 172 g/mol. The zero-order valence-electron chi connectivity index (χ0n) is 8.57. The lowest BCUT2D eigenvalue weighted by Gasteiger charge is -2.09. The Morgan fingerprint density at radius 3 is 2.00 bits per heavy atom. The predicted octanol–water partition coefficient (Wildman–Crippen LogP) is 2.38. The van der Waals surface area contributed by atoms with E-state index in [1.54, 1.807) is 3.69 Å². The maximum absolute atomic E-state index is 2.31. The van der Waals surface area contributed by atoms with Crippen molar-refractivity contribution in [1.82, 2.24) is 0 Å². The summed E-state index contributed by atoms with van der Waals surface area (Å²) in [6.07, 6.45) is 0. The fourth-order valence-corrected chi connectivity index (χ4v) is 3.35. The first-order chi connectivity index (χ1) is 5.65. The van der Waals surface area contributed by atoms with E-state index in [2.05, 4.69) is 39.8 Å². The van der Waals surface area contributed by atoms with Crippen molar-refractivity contribution in [3.8, 4) is 0 Å². The highest BCUT2D eigenvalue weighted by Crippen LogP contribution is 2.05. The van der Waals surface area contributed by atoms with Crippen LogP contribution in [0.5, 0.6) is 0 Å². The van der Waals surface area contributed by atoms with Gasteiger partial charge < -0.3 is 0 Å². The third kappa shape index (κ3) is 2.24. The first-order valence-corrected chi connectivity index (χ1v) is 6.42. The van der Waals surface area contributed by atoms with Gasteiger partial charge in [0.15, 0.2) is 0 Å². The van der Waals surface area contributed by atoms with Crippen molar-refractivity contribution < 1.29 is 0 Å². The second-order valence-corrected chi connectivity index (χ2v) is 5.83. The molecule has 0 heterocycles. The van der Waals surface area contributed by atoms with Gasteiger partial charge in [-0.15, -0.1) is 4.55 Å². The van der Waals surface area contributed by atoms with Gasteiger partial charge in [0.1, 0.15) is 0 Å². The van der Waals surface area contributed by atoms with Crippen LogP contribution in [0.2, 0.25) is 4.55 Å². The van der Waals surface area contributed by atoms with E-state index < -0.39 is 0 Å². The lowest BCUT2D eigenvalue weighted by molar-refractivity contribution is 1.34. The van der Waals surface area contributed by atoms with Crippen LogP contribution in [0.3, 0.4) is 0 Å². The van der Waals surface area contributed by atoms with Gasteiger partial charge >= 0.3 is 20.4 Å². The van der Waals surface area contributed by atoms with E-state index in [-0.39, 0.29) is 20.4 Å². The Morgan fingerprint density at radius 2 is 1.58 bits per heavy atom. The fourth-order valence-electron chi connectivity index (χ4n) is 1.85. The number of benzene rings is 1. The van der Waals surface area contributed by atoms with Crippen LogP contribution in [0, 0.1) is 20.8 Å². The summed E-state index contributed by atoms with van der Waals surface area (Å²) in [7, 11) is 0. The molecule has 0 fully saturated rings. The van der Waals surface area contributed by atoms with Gasteiger partial charge in [-0.2, -0.15) is 3.69 Å². The normalized spacial score (nSPS) is 9.67. The molecule has 12 heavy (non-hydrogen) atoms. The molecule has 0 aromatic heterocycles. The van der Waals surface area contributed by atoms with E-state index in [9.17, 15) is 0 Å². The summed E-state index contributed by atoms with van der Waals surface area (Å²) in [5.74, 6) is 0. The SMILES string of the molecule is C[CH2][Mg][c]1c(C)cc(C)cc1C. The van der Waals surface area contributed by atoms with Crippen LogP contribution >= 0.6 is 0 Å². The Bertz CT molecular complexity index is 253. The Balaban J connectivity index is 3.10. The number of rotatable bonds is 2. The van der Waals surface area contributed by atoms with Crippen molar-refractivity contribution in [2.24, 2.45) is 0 Å². The average molecular weight is 173 g/mol. The van der Waals surface area contributed by atoms with E-state index in [0.717, 1.165) is 0 Å². The molecule has 0 unspecified atom stereocenters. The fraction of sp³-hybridized carbons (Fsp3) is 0.455. The Kier molecular flexibility index (Phi) is 3.60. The minimum absolute atomic E-state index is 0.0251.